The number of aliphatic imine (C=N–C) groups is 1. The van der Waals surface area contributed by atoms with Crippen LogP contribution in [0, 0.1) is 5.92 Å². The number of guanidine groups is 1. The monoisotopic (exact) mass is 336 g/mol. The highest BCUT2D eigenvalue weighted by molar-refractivity contribution is 6.31. The SMILES string of the molecule is CCNC(=NCC1CCN(CC)C1)N(C)Cc1ccccc1Cl. The zero-order valence-corrected chi connectivity index (χ0v) is 15.3. The molecule has 0 aliphatic carbocycles. The summed E-state index contributed by atoms with van der Waals surface area (Å²) in [5, 5.41) is 4.20. The van der Waals surface area contributed by atoms with Gasteiger partial charge < -0.3 is 15.1 Å². The van der Waals surface area contributed by atoms with E-state index in [-0.39, 0.29) is 0 Å². The van der Waals surface area contributed by atoms with E-state index in [9.17, 15) is 0 Å². The summed E-state index contributed by atoms with van der Waals surface area (Å²) in [6.07, 6.45) is 1.25. The van der Waals surface area contributed by atoms with Crippen LogP contribution >= 0.6 is 11.6 Å². The Morgan fingerprint density at radius 2 is 2.17 bits per heavy atom. The fourth-order valence-corrected chi connectivity index (χ4v) is 3.19. The minimum absolute atomic E-state index is 0.678. The highest BCUT2D eigenvalue weighted by atomic mass is 35.5. The Balaban J connectivity index is 1.96. The smallest absolute Gasteiger partial charge is 0.193 e. The first-order chi connectivity index (χ1) is 11.1. The molecule has 0 amide bonds. The first-order valence-corrected chi connectivity index (χ1v) is 8.97. The van der Waals surface area contributed by atoms with E-state index in [1.165, 1.54) is 19.5 Å². The van der Waals surface area contributed by atoms with E-state index in [0.717, 1.165) is 42.7 Å². The van der Waals surface area contributed by atoms with Crippen molar-refractivity contribution in [3.8, 4) is 0 Å². The molecule has 1 aromatic rings. The van der Waals surface area contributed by atoms with E-state index in [2.05, 4.69) is 42.1 Å². The van der Waals surface area contributed by atoms with Gasteiger partial charge in [0, 0.05) is 38.2 Å². The van der Waals surface area contributed by atoms with Crippen LogP contribution in [0.1, 0.15) is 25.8 Å². The number of nitrogens with one attached hydrogen (secondary N) is 1. The van der Waals surface area contributed by atoms with E-state index in [1.54, 1.807) is 0 Å². The van der Waals surface area contributed by atoms with Crippen LogP contribution in [-0.4, -0.2) is 55.5 Å². The van der Waals surface area contributed by atoms with E-state index < -0.39 is 0 Å². The maximum absolute atomic E-state index is 6.27. The first-order valence-electron chi connectivity index (χ1n) is 8.59. The normalized spacial score (nSPS) is 19.1. The summed E-state index contributed by atoms with van der Waals surface area (Å²) in [5.41, 5.74) is 1.13. The van der Waals surface area contributed by atoms with E-state index in [4.69, 9.17) is 16.6 Å². The van der Waals surface area contributed by atoms with Crippen LogP contribution in [0.3, 0.4) is 0 Å². The van der Waals surface area contributed by atoms with Gasteiger partial charge in [0.2, 0.25) is 0 Å². The lowest BCUT2D eigenvalue weighted by molar-refractivity contribution is 0.343. The lowest BCUT2D eigenvalue weighted by Gasteiger charge is -2.23. The minimum atomic E-state index is 0.678. The summed E-state index contributed by atoms with van der Waals surface area (Å²) in [4.78, 5) is 9.50. The topological polar surface area (TPSA) is 30.9 Å². The number of likely N-dealkylation sites (tertiary alicyclic amines) is 1. The second kappa shape index (κ2) is 9.14. The molecule has 5 heteroatoms. The number of benzene rings is 1. The van der Waals surface area contributed by atoms with Crippen LogP contribution in [0.5, 0.6) is 0 Å². The molecule has 128 valence electrons. The molecule has 1 aliphatic rings. The molecular weight excluding hydrogens is 308 g/mol. The Bertz CT molecular complexity index is 517. The molecule has 1 heterocycles. The van der Waals surface area contributed by atoms with Crippen molar-refractivity contribution in [2.24, 2.45) is 10.9 Å². The molecule has 0 bridgehead atoms. The molecule has 1 aromatic carbocycles. The largest absolute Gasteiger partial charge is 0.357 e. The van der Waals surface area contributed by atoms with Gasteiger partial charge in [-0.1, -0.05) is 36.7 Å². The van der Waals surface area contributed by atoms with Crippen LogP contribution in [-0.2, 0) is 6.54 Å². The Kier molecular flexibility index (Phi) is 7.18. The lowest BCUT2D eigenvalue weighted by atomic mass is 10.1. The summed E-state index contributed by atoms with van der Waals surface area (Å²) in [6.45, 7) is 10.4. The molecule has 0 radical (unpaired) electrons. The Labute approximate surface area is 145 Å². The molecule has 23 heavy (non-hydrogen) atoms. The number of rotatable bonds is 6. The van der Waals surface area contributed by atoms with Crippen LogP contribution in [0.25, 0.3) is 0 Å². The Morgan fingerprint density at radius 1 is 1.39 bits per heavy atom. The summed E-state index contributed by atoms with van der Waals surface area (Å²) in [5.74, 6) is 1.64. The summed E-state index contributed by atoms with van der Waals surface area (Å²) < 4.78 is 0. The maximum Gasteiger partial charge on any atom is 0.193 e. The fourth-order valence-electron chi connectivity index (χ4n) is 2.99. The van der Waals surface area contributed by atoms with Crippen molar-refractivity contribution < 1.29 is 0 Å². The predicted octanol–water partition coefficient (Wildman–Crippen LogP) is 3.08. The summed E-state index contributed by atoms with van der Waals surface area (Å²) >= 11 is 6.27. The number of halogens is 1. The van der Waals surface area contributed by atoms with Crippen LogP contribution in [0.4, 0.5) is 0 Å². The zero-order chi connectivity index (χ0) is 16.7. The minimum Gasteiger partial charge on any atom is -0.357 e. The maximum atomic E-state index is 6.27. The molecule has 2 rings (SSSR count). The first kappa shape index (κ1) is 18.1. The predicted molar refractivity (Wildman–Crippen MR) is 99.1 cm³/mol. The van der Waals surface area contributed by atoms with E-state index in [1.807, 2.05) is 18.2 Å². The van der Waals surface area contributed by atoms with E-state index in [0.29, 0.717) is 5.92 Å². The van der Waals surface area contributed by atoms with Crippen molar-refractivity contribution in [1.82, 2.24) is 15.1 Å². The van der Waals surface area contributed by atoms with Gasteiger partial charge in [-0.3, -0.25) is 4.99 Å². The summed E-state index contributed by atoms with van der Waals surface area (Å²) in [7, 11) is 2.07. The third-order valence-corrected chi connectivity index (χ3v) is 4.75. The van der Waals surface area contributed by atoms with Crippen molar-refractivity contribution >= 4 is 17.6 Å². The van der Waals surface area contributed by atoms with Gasteiger partial charge in [-0.2, -0.15) is 0 Å². The second-order valence-electron chi connectivity index (χ2n) is 6.19. The summed E-state index contributed by atoms with van der Waals surface area (Å²) in [6, 6.07) is 7.99. The molecule has 1 N–H and O–H groups in total. The van der Waals surface area contributed by atoms with Crippen molar-refractivity contribution in [1.29, 1.82) is 0 Å². The van der Waals surface area contributed by atoms with Gasteiger partial charge in [-0.05, 0) is 44.0 Å². The van der Waals surface area contributed by atoms with E-state index >= 15 is 0 Å². The van der Waals surface area contributed by atoms with Gasteiger partial charge in [0.25, 0.3) is 0 Å². The number of hydrogen-bond acceptors (Lipinski definition) is 2. The van der Waals surface area contributed by atoms with Crippen molar-refractivity contribution in [2.75, 3.05) is 39.8 Å². The average molecular weight is 337 g/mol. The van der Waals surface area contributed by atoms with Gasteiger partial charge in [0.05, 0.1) is 0 Å². The van der Waals surface area contributed by atoms with Crippen molar-refractivity contribution in [2.45, 2.75) is 26.8 Å². The fraction of sp³-hybridized carbons (Fsp3) is 0.611. The van der Waals surface area contributed by atoms with Gasteiger partial charge in [0.15, 0.2) is 5.96 Å². The van der Waals surface area contributed by atoms with Gasteiger partial charge in [-0.15, -0.1) is 0 Å². The molecular formula is C18H29ClN4. The second-order valence-corrected chi connectivity index (χ2v) is 6.60. The molecule has 1 unspecified atom stereocenters. The van der Waals surface area contributed by atoms with Gasteiger partial charge in [-0.25, -0.2) is 0 Å². The molecule has 1 atom stereocenters. The van der Waals surface area contributed by atoms with Gasteiger partial charge in [0.1, 0.15) is 0 Å². The number of nitrogens with zero attached hydrogens (tertiary/aromatic N) is 3. The molecule has 0 saturated carbocycles. The van der Waals surface area contributed by atoms with Crippen LogP contribution in [0.15, 0.2) is 29.3 Å². The molecule has 1 saturated heterocycles. The van der Waals surface area contributed by atoms with Gasteiger partial charge >= 0.3 is 0 Å². The molecule has 0 aromatic heterocycles. The molecule has 0 spiro atoms. The van der Waals surface area contributed by atoms with Crippen molar-refractivity contribution in [3.63, 3.8) is 0 Å². The highest BCUT2D eigenvalue weighted by Gasteiger charge is 2.21. The zero-order valence-electron chi connectivity index (χ0n) is 14.6. The third kappa shape index (κ3) is 5.40. The molecule has 1 fully saturated rings. The molecule has 1 aliphatic heterocycles. The lowest BCUT2D eigenvalue weighted by Crippen LogP contribution is -2.39. The van der Waals surface area contributed by atoms with Crippen molar-refractivity contribution in [3.05, 3.63) is 34.9 Å². The standard InChI is InChI=1S/C18H29ClN4/c1-4-20-18(21-12-15-10-11-23(5-2)13-15)22(3)14-16-8-6-7-9-17(16)19/h6-9,15H,4-5,10-14H2,1-3H3,(H,20,21). The van der Waals surface area contributed by atoms with Crippen LogP contribution in [0.2, 0.25) is 5.02 Å². The Hall–Kier alpha value is -1.26. The molecule has 4 nitrogen and oxygen atoms in total. The average Bonchev–Trinajstić information content (AvgIpc) is 3.01. The number of hydrogen-bond donors (Lipinski definition) is 1. The van der Waals surface area contributed by atoms with Crippen LogP contribution < -0.4 is 5.32 Å². The Morgan fingerprint density at radius 3 is 2.83 bits per heavy atom. The third-order valence-electron chi connectivity index (χ3n) is 4.38. The quantitative estimate of drug-likeness (QED) is 0.639. The highest BCUT2D eigenvalue weighted by Crippen LogP contribution is 2.18.